The van der Waals surface area contributed by atoms with E-state index in [9.17, 15) is 9.59 Å². The summed E-state index contributed by atoms with van der Waals surface area (Å²) in [7, 11) is 1.52. The number of hydrogen-bond acceptors (Lipinski definition) is 7. The van der Waals surface area contributed by atoms with Crippen LogP contribution in [0.4, 0.5) is 0 Å². The summed E-state index contributed by atoms with van der Waals surface area (Å²) < 4.78 is 10.9. The molecular weight excluding hydrogens is 392 g/mol. The number of nitrogens with zero attached hydrogens (tertiary/aromatic N) is 2. The van der Waals surface area contributed by atoms with Gasteiger partial charge in [-0.3, -0.25) is 9.59 Å². The zero-order chi connectivity index (χ0) is 20.5. The second-order valence-corrected chi connectivity index (χ2v) is 6.91. The van der Waals surface area contributed by atoms with Gasteiger partial charge in [0.05, 0.1) is 19.1 Å². The van der Waals surface area contributed by atoms with Crippen LogP contribution in [0.5, 0.6) is 11.5 Å². The Hall–Kier alpha value is -3.33. The van der Waals surface area contributed by atoms with Gasteiger partial charge in [-0.25, -0.2) is 0 Å². The van der Waals surface area contributed by atoms with Gasteiger partial charge >= 0.3 is 0 Å². The smallest absolute Gasteiger partial charge is 0.258 e. The van der Waals surface area contributed by atoms with Crippen molar-refractivity contribution in [2.45, 2.75) is 6.54 Å². The number of amidine groups is 1. The molecule has 2 N–H and O–H groups in total. The fourth-order valence-electron chi connectivity index (χ4n) is 2.40. The average molecular weight is 412 g/mol. The van der Waals surface area contributed by atoms with E-state index in [2.05, 4.69) is 20.8 Å². The summed E-state index contributed by atoms with van der Waals surface area (Å²) in [6.45, 7) is 0.317. The molecule has 9 heteroatoms. The molecule has 150 valence electrons. The number of thioether (sulfide) groups is 1. The Bertz CT molecular complexity index is 931. The van der Waals surface area contributed by atoms with Crippen LogP contribution in [0.15, 0.2) is 58.7 Å². The van der Waals surface area contributed by atoms with Gasteiger partial charge in [0.1, 0.15) is 0 Å². The molecule has 0 spiro atoms. The van der Waals surface area contributed by atoms with E-state index in [1.54, 1.807) is 18.2 Å². The fourth-order valence-corrected chi connectivity index (χ4v) is 3.03. The van der Waals surface area contributed by atoms with Crippen LogP contribution < -0.4 is 20.1 Å². The first-order chi connectivity index (χ1) is 14.1. The van der Waals surface area contributed by atoms with E-state index in [0.29, 0.717) is 29.0 Å². The topological polar surface area (TPSA) is 101 Å². The number of nitrogens with one attached hydrogen (secondary N) is 2. The number of benzene rings is 2. The Labute approximate surface area is 172 Å². The molecule has 0 aromatic heterocycles. The van der Waals surface area contributed by atoms with E-state index < -0.39 is 0 Å². The molecule has 3 rings (SSSR count). The van der Waals surface area contributed by atoms with Gasteiger partial charge in [0.2, 0.25) is 5.91 Å². The molecule has 0 bridgehead atoms. The largest absolute Gasteiger partial charge is 0.493 e. The number of carbonyl (C=O) groups is 2. The molecule has 1 fully saturated rings. The normalized spacial score (nSPS) is 14.8. The summed E-state index contributed by atoms with van der Waals surface area (Å²) in [5.41, 5.74) is 1.75. The van der Waals surface area contributed by atoms with Gasteiger partial charge in [-0.1, -0.05) is 42.1 Å². The maximum absolute atomic E-state index is 12.0. The molecule has 0 atom stereocenters. The van der Waals surface area contributed by atoms with Gasteiger partial charge in [-0.2, -0.15) is 5.10 Å². The van der Waals surface area contributed by atoms with Gasteiger partial charge in [0.25, 0.3) is 5.91 Å². The second kappa shape index (κ2) is 10.3. The number of rotatable bonds is 8. The van der Waals surface area contributed by atoms with Crippen molar-refractivity contribution in [3.05, 3.63) is 59.7 Å². The van der Waals surface area contributed by atoms with Crippen molar-refractivity contribution < 1.29 is 19.1 Å². The van der Waals surface area contributed by atoms with Crippen LogP contribution in [0.2, 0.25) is 0 Å². The molecule has 0 unspecified atom stereocenters. The molecule has 0 saturated carbocycles. The molecule has 1 aliphatic rings. The summed E-state index contributed by atoms with van der Waals surface area (Å²) in [4.78, 5) is 23.1. The quantitative estimate of drug-likeness (QED) is 0.510. The lowest BCUT2D eigenvalue weighted by Crippen LogP contribution is -2.28. The summed E-state index contributed by atoms with van der Waals surface area (Å²) in [6, 6.07) is 14.8. The van der Waals surface area contributed by atoms with Gasteiger partial charge < -0.3 is 20.1 Å². The lowest BCUT2D eigenvalue weighted by atomic mass is 10.2. The summed E-state index contributed by atoms with van der Waals surface area (Å²) >= 11 is 1.30. The van der Waals surface area contributed by atoms with Crippen LogP contribution in [-0.4, -0.2) is 42.7 Å². The van der Waals surface area contributed by atoms with Gasteiger partial charge in [0.15, 0.2) is 23.3 Å². The molecule has 29 heavy (non-hydrogen) atoms. The summed E-state index contributed by atoms with van der Waals surface area (Å²) in [5.74, 6) is 0.964. The Balaban J connectivity index is 1.53. The second-order valence-electron chi connectivity index (χ2n) is 5.95. The average Bonchev–Trinajstić information content (AvgIpc) is 3.16. The first-order valence-electron chi connectivity index (χ1n) is 8.79. The molecule has 1 heterocycles. The first-order valence-corrected chi connectivity index (χ1v) is 9.78. The van der Waals surface area contributed by atoms with Gasteiger partial charge in [-0.05, 0) is 29.3 Å². The third-order valence-corrected chi connectivity index (χ3v) is 4.68. The van der Waals surface area contributed by atoms with Gasteiger partial charge in [0, 0.05) is 6.54 Å². The predicted octanol–water partition coefficient (Wildman–Crippen LogP) is 1.94. The van der Waals surface area contributed by atoms with Crippen LogP contribution >= 0.6 is 11.8 Å². The molecule has 8 nitrogen and oxygen atoms in total. The van der Waals surface area contributed by atoms with E-state index in [4.69, 9.17) is 9.47 Å². The number of methoxy groups -OCH3 is 1. The van der Waals surface area contributed by atoms with Crippen LogP contribution in [0.25, 0.3) is 0 Å². The van der Waals surface area contributed by atoms with Crippen molar-refractivity contribution >= 4 is 35.0 Å². The minimum absolute atomic E-state index is 0.0834. The lowest BCUT2D eigenvalue weighted by Gasteiger charge is -2.11. The maximum Gasteiger partial charge on any atom is 0.258 e. The highest BCUT2D eigenvalue weighted by Gasteiger charge is 2.16. The molecular formula is C20H20N4O4S. The number of hydrogen-bond donors (Lipinski definition) is 2. The van der Waals surface area contributed by atoms with Crippen molar-refractivity contribution in [1.82, 2.24) is 10.6 Å². The molecule has 1 saturated heterocycles. The minimum atomic E-state index is -0.228. The van der Waals surface area contributed by atoms with Crippen LogP contribution in [0.1, 0.15) is 11.1 Å². The predicted molar refractivity (Wildman–Crippen MR) is 112 cm³/mol. The highest BCUT2D eigenvalue weighted by molar-refractivity contribution is 8.15. The maximum atomic E-state index is 12.0. The Morgan fingerprint density at radius 3 is 2.79 bits per heavy atom. The third-order valence-electron chi connectivity index (χ3n) is 3.82. The fraction of sp³-hybridized carbons (Fsp3) is 0.200. The molecule has 2 aromatic rings. The lowest BCUT2D eigenvalue weighted by molar-refractivity contribution is -0.123. The molecule has 0 radical (unpaired) electrons. The van der Waals surface area contributed by atoms with E-state index in [0.717, 1.165) is 11.1 Å². The van der Waals surface area contributed by atoms with Crippen LogP contribution in [0, 0.1) is 0 Å². The zero-order valence-corrected chi connectivity index (χ0v) is 16.6. The van der Waals surface area contributed by atoms with Crippen molar-refractivity contribution in [1.29, 1.82) is 0 Å². The van der Waals surface area contributed by atoms with E-state index >= 15 is 0 Å². The van der Waals surface area contributed by atoms with Gasteiger partial charge in [-0.15, -0.1) is 5.10 Å². The highest BCUT2D eigenvalue weighted by Crippen LogP contribution is 2.27. The van der Waals surface area contributed by atoms with Crippen molar-refractivity contribution in [3.8, 4) is 11.5 Å². The Morgan fingerprint density at radius 2 is 2.07 bits per heavy atom. The molecule has 0 aliphatic carbocycles. The van der Waals surface area contributed by atoms with Crippen molar-refractivity contribution in [2.75, 3.05) is 19.5 Å². The van der Waals surface area contributed by atoms with E-state index in [1.165, 1.54) is 25.1 Å². The standard InChI is InChI=1S/C20H20N4O4S/c1-27-17-9-15(11-22-24-20-23-19(26)13-29-20)7-8-16(17)28-12-18(25)21-10-14-5-3-2-4-6-14/h2-9,11H,10,12-13H2,1H3,(H,21,25)(H,23,24,26). The van der Waals surface area contributed by atoms with E-state index in [1.807, 2.05) is 30.3 Å². The Kier molecular flexibility index (Phi) is 7.23. The minimum Gasteiger partial charge on any atom is -0.493 e. The molecule has 2 aromatic carbocycles. The van der Waals surface area contributed by atoms with E-state index in [-0.39, 0.29) is 18.4 Å². The van der Waals surface area contributed by atoms with Crippen LogP contribution in [0.3, 0.4) is 0 Å². The molecule has 2 amide bonds. The van der Waals surface area contributed by atoms with Crippen molar-refractivity contribution in [2.24, 2.45) is 10.2 Å². The number of amides is 2. The first kappa shape index (κ1) is 20.4. The number of carbonyl (C=O) groups excluding carboxylic acids is 2. The van der Waals surface area contributed by atoms with Crippen LogP contribution in [-0.2, 0) is 16.1 Å². The number of ether oxygens (including phenoxy) is 2. The van der Waals surface area contributed by atoms with Crippen molar-refractivity contribution in [3.63, 3.8) is 0 Å². The SMILES string of the molecule is COc1cc(C=NN=C2NC(=O)CS2)ccc1OCC(=O)NCc1ccccc1. The highest BCUT2D eigenvalue weighted by atomic mass is 32.2. The monoisotopic (exact) mass is 412 g/mol. The third kappa shape index (κ3) is 6.35. The summed E-state index contributed by atoms with van der Waals surface area (Å²) in [5, 5.41) is 13.8. The zero-order valence-electron chi connectivity index (χ0n) is 15.8. The molecule has 1 aliphatic heterocycles. The summed E-state index contributed by atoms with van der Waals surface area (Å²) in [6.07, 6.45) is 1.54. The Morgan fingerprint density at radius 1 is 1.24 bits per heavy atom.